The second kappa shape index (κ2) is 7.95. The van der Waals surface area contributed by atoms with Gasteiger partial charge in [-0.1, -0.05) is 18.2 Å². The minimum absolute atomic E-state index is 0.0246. The molecule has 1 N–H and O–H groups in total. The van der Waals surface area contributed by atoms with Crippen LogP contribution in [0.2, 0.25) is 0 Å². The molecular weight excluding hydrogens is 386 g/mol. The molecule has 0 bridgehead atoms. The van der Waals surface area contributed by atoms with Gasteiger partial charge in [0.2, 0.25) is 0 Å². The first kappa shape index (κ1) is 18.9. The summed E-state index contributed by atoms with van der Waals surface area (Å²) >= 11 is 0. The van der Waals surface area contributed by atoms with Crippen molar-refractivity contribution in [1.82, 2.24) is 4.57 Å². The molecule has 0 saturated heterocycles. The Hall–Kier alpha value is -4.12. The molecule has 0 fully saturated rings. The number of amides is 2. The molecule has 2 amide bonds. The third-order valence-electron chi connectivity index (χ3n) is 5.55. The third-order valence-corrected chi connectivity index (χ3v) is 5.55. The molecule has 1 aliphatic rings. The summed E-state index contributed by atoms with van der Waals surface area (Å²) in [6.07, 6.45) is 4.79. The maximum Gasteiger partial charge on any atom is 0.258 e. The SMILES string of the molecule is O=C(Nc1ccc(C(=O)N2CCc3ccccc32)cc1)c1ccc(-n2cccc2)cc1. The summed E-state index contributed by atoms with van der Waals surface area (Å²) in [5, 5.41) is 2.89. The van der Waals surface area contributed by atoms with Gasteiger partial charge in [-0.3, -0.25) is 9.59 Å². The van der Waals surface area contributed by atoms with E-state index >= 15 is 0 Å². The van der Waals surface area contributed by atoms with E-state index in [1.54, 1.807) is 36.4 Å². The van der Waals surface area contributed by atoms with Crippen LogP contribution in [-0.4, -0.2) is 22.9 Å². The van der Waals surface area contributed by atoms with Crippen LogP contribution in [-0.2, 0) is 6.42 Å². The van der Waals surface area contributed by atoms with E-state index in [9.17, 15) is 9.59 Å². The highest BCUT2D eigenvalue weighted by atomic mass is 16.2. The summed E-state index contributed by atoms with van der Waals surface area (Å²) in [4.78, 5) is 27.3. The van der Waals surface area contributed by atoms with Gasteiger partial charge in [0.15, 0.2) is 0 Å². The predicted molar refractivity (Wildman–Crippen MR) is 122 cm³/mol. The van der Waals surface area contributed by atoms with Crippen LogP contribution in [0.1, 0.15) is 26.3 Å². The van der Waals surface area contributed by atoms with Crippen molar-refractivity contribution in [3.63, 3.8) is 0 Å². The molecule has 0 saturated carbocycles. The zero-order chi connectivity index (χ0) is 21.2. The van der Waals surface area contributed by atoms with Gasteiger partial charge >= 0.3 is 0 Å². The highest BCUT2D eigenvalue weighted by molar-refractivity contribution is 6.08. The van der Waals surface area contributed by atoms with Crippen molar-refractivity contribution in [2.24, 2.45) is 0 Å². The second-order valence-electron chi connectivity index (χ2n) is 7.50. The summed E-state index contributed by atoms with van der Waals surface area (Å²) in [6.45, 7) is 0.690. The van der Waals surface area contributed by atoms with Crippen molar-refractivity contribution in [3.8, 4) is 5.69 Å². The standard InChI is InChI=1S/C26H21N3O2/c30-25(20-9-13-23(14-10-20)28-16-3-4-17-28)27-22-11-7-21(8-12-22)26(31)29-18-15-19-5-1-2-6-24(19)29/h1-14,16-17H,15,18H2,(H,27,30). The molecule has 3 aromatic carbocycles. The fourth-order valence-corrected chi connectivity index (χ4v) is 3.90. The first-order valence-electron chi connectivity index (χ1n) is 10.2. The van der Waals surface area contributed by atoms with Crippen molar-refractivity contribution in [1.29, 1.82) is 0 Å². The summed E-state index contributed by atoms with van der Waals surface area (Å²) < 4.78 is 1.98. The number of hydrogen-bond acceptors (Lipinski definition) is 2. The van der Waals surface area contributed by atoms with E-state index in [1.165, 1.54) is 5.56 Å². The summed E-state index contributed by atoms with van der Waals surface area (Å²) in [5.74, 6) is -0.213. The van der Waals surface area contributed by atoms with Crippen molar-refractivity contribution in [3.05, 3.63) is 114 Å². The lowest BCUT2D eigenvalue weighted by Crippen LogP contribution is -2.28. The Kier molecular flexibility index (Phi) is 4.84. The van der Waals surface area contributed by atoms with Gasteiger partial charge in [0, 0.05) is 47.1 Å². The highest BCUT2D eigenvalue weighted by Gasteiger charge is 2.25. The highest BCUT2D eigenvalue weighted by Crippen LogP contribution is 2.29. The maximum absolute atomic E-state index is 12.9. The fraction of sp³-hybridized carbons (Fsp3) is 0.0769. The molecule has 1 aliphatic heterocycles. The molecule has 0 spiro atoms. The number of rotatable bonds is 4. The molecule has 5 nitrogen and oxygen atoms in total. The summed E-state index contributed by atoms with van der Waals surface area (Å²) in [6, 6.07) is 26.4. The normalized spacial score (nSPS) is 12.5. The number of carbonyl (C=O) groups excluding carboxylic acids is 2. The van der Waals surface area contributed by atoms with E-state index in [4.69, 9.17) is 0 Å². The van der Waals surface area contributed by atoms with Crippen LogP contribution in [0.25, 0.3) is 5.69 Å². The lowest BCUT2D eigenvalue weighted by Gasteiger charge is -2.17. The molecule has 31 heavy (non-hydrogen) atoms. The van der Waals surface area contributed by atoms with Crippen molar-refractivity contribution in [2.75, 3.05) is 16.8 Å². The zero-order valence-electron chi connectivity index (χ0n) is 16.9. The summed E-state index contributed by atoms with van der Waals surface area (Å²) in [5.41, 5.74) is 5.00. The number of hydrogen-bond donors (Lipinski definition) is 1. The fourth-order valence-electron chi connectivity index (χ4n) is 3.90. The van der Waals surface area contributed by atoms with Crippen LogP contribution in [0.5, 0.6) is 0 Å². The molecule has 0 atom stereocenters. The smallest absolute Gasteiger partial charge is 0.258 e. The summed E-state index contributed by atoms with van der Waals surface area (Å²) in [7, 11) is 0. The van der Waals surface area contributed by atoms with E-state index in [-0.39, 0.29) is 11.8 Å². The number of nitrogens with zero attached hydrogens (tertiary/aromatic N) is 2. The Labute approximate surface area is 180 Å². The van der Waals surface area contributed by atoms with Crippen molar-refractivity contribution < 1.29 is 9.59 Å². The molecule has 4 aromatic rings. The first-order chi connectivity index (χ1) is 15.2. The van der Waals surface area contributed by atoms with Gasteiger partial charge in [0.25, 0.3) is 11.8 Å². The van der Waals surface area contributed by atoms with E-state index < -0.39 is 0 Å². The predicted octanol–water partition coefficient (Wildman–Crippen LogP) is 4.93. The number of nitrogens with one attached hydrogen (secondary N) is 1. The van der Waals surface area contributed by atoms with Crippen LogP contribution < -0.4 is 10.2 Å². The molecule has 2 heterocycles. The number of carbonyl (C=O) groups is 2. The Morgan fingerprint density at radius 1 is 0.742 bits per heavy atom. The largest absolute Gasteiger partial charge is 0.324 e. The van der Waals surface area contributed by atoms with Gasteiger partial charge in [-0.25, -0.2) is 0 Å². The average Bonchev–Trinajstić information content (AvgIpc) is 3.50. The van der Waals surface area contributed by atoms with Crippen LogP contribution in [0, 0.1) is 0 Å². The van der Waals surface area contributed by atoms with Crippen LogP contribution in [0.3, 0.4) is 0 Å². The third kappa shape index (κ3) is 3.73. The number of anilines is 2. The second-order valence-corrected chi connectivity index (χ2v) is 7.50. The quantitative estimate of drug-likeness (QED) is 0.521. The van der Waals surface area contributed by atoms with Gasteiger partial charge < -0.3 is 14.8 Å². The van der Waals surface area contributed by atoms with Crippen molar-refractivity contribution >= 4 is 23.2 Å². The minimum atomic E-state index is -0.188. The molecule has 0 radical (unpaired) electrons. The molecule has 5 heteroatoms. The Bertz CT molecular complexity index is 1230. The molecule has 1 aromatic heterocycles. The molecule has 152 valence electrons. The number of fused-ring (bicyclic) bond motifs is 1. The maximum atomic E-state index is 12.9. The minimum Gasteiger partial charge on any atom is -0.324 e. The van der Waals surface area contributed by atoms with Crippen molar-refractivity contribution in [2.45, 2.75) is 6.42 Å². The molecule has 0 aliphatic carbocycles. The van der Waals surface area contributed by atoms with E-state index in [0.29, 0.717) is 23.4 Å². The number of benzene rings is 3. The van der Waals surface area contributed by atoms with Gasteiger partial charge in [0.1, 0.15) is 0 Å². The lowest BCUT2D eigenvalue weighted by molar-refractivity contribution is 0.0988. The van der Waals surface area contributed by atoms with Crippen LogP contribution >= 0.6 is 0 Å². The van der Waals surface area contributed by atoms with Crippen LogP contribution in [0.15, 0.2) is 97.3 Å². The topological polar surface area (TPSA) is 54.3 Å². The van der Waals surface area contributed by atoms with Gasteiger partial charge in [-0.15, -0.1) is 0 Å². The lowest BCUT2D eigenvalue weighted by atomic mass is 10.1. The average molecular weight is 407 g/mol. The Balaban J connectivity index is 1.26. The van der Waals surface area contributed by atoms with Gasteiger partial charge in [-0.05, 0) is 78.7 Å². The zero-order valence-corrected chi connectivity index (χ0v) is 16.9. The number of aromatic nitrogens is 1. The Morgan fingerprint density at radius 2 is 1.42 bits per heavy atom. The molecule has 0 unspecified atom stereocenters. The first-order valence-corrected chi connectivity index (χ1v) is 10.2. The monoisotopic (exact) mass is 407 g/mol. The number of para-hydroxylation sites is 1. The van der Waals surface area contributed by atoms with E-state index in [0.717, 1.165) is 17.8 Å². The Morgan fingerprint density at radius 3 is 2.16 bits per heavy atom. The van der Waals surface area contributed by atoms with Crippen LogP contribution in [0.4, 0.5) is 11.4 Å². The van der Waals surface area contributed by atoms with E-state index in [2.05, 4.69) is 11.4 Å². The molecule has 5 rings (SSSR count). The van der Waals surface area contributed by atoms with Gasteiger partial charge in [0.05, 0.1) is 0 Å². The van der Waals surface area contributed by atoms with Gasteiger partial charge in [-0.2, -0.15) is 0 Å². The molecular formula is C26H21N3O2. The van der Waals surface area contributed by atoms with E-state index in [1.807, 2.05) is 64.3 Å².